The first-order valence-electron chi connectivity index (χ1n) is 8.44. The lowest BCUT2D eigenvalue weighted by molar-refractivity contribution is -0.385. The number of rotatable bonds is 5. The number of ether oxygens (including phenoxy) is 2. The molecule has 150 valence electrons. The van der Waals surface area contributed by atoms with E-state index in [9.17, 15) is 24.5 Å². The normalized spacial score (nSPS) is 13.8. The highest BCUT2D eigenvalue weighted by molar-refractivity contribution is 6.34. The number of amides is 1. The highest BCUT2D eigenvalue weighted by Crippen LogP contribution is 2.34. The molecule has 0 unspecified atom stereocenters. The molecule has 0 radical (unpaired) electrons. The third-order valence-electron chi connectivity index (χ3n) is 4.29. The summed E-state index contributed by atoms with van der Waals surface area (Å²) in [4.78, 5) is 53.9. The van der Waals surface area contributed by atoms with Crippen molar-refractivity contribution in [1.82, 2.24) is 9.97 Å². The molecular weight excluding hydrogens is 384 g/mol. The van der Waals surface area contributed by atoms with E-state index in [1.807, 2.05) is 0 Å². The van der Waals surface area contributed by atoms with Gasteiger partial charge in [-0.3, -0.25) is 14.9 Å². The van der Waals surface area contributed by atoms with Crippen LogP contribution in [0.4, 0.5) is 11.5 Å². The molecule has 2 aromatic heterocycles. The van der Waals surface area contributed by atoms with Crippen LogP contribution in [-0.4, -0.2) is 46.5 Å². The van der Waals surface area contributed by atoms with Gasteiger partial charge in [0, 0.05) is 11.6 Å². The highest BCUT2D eigenvalue weighted by atomic mass is 16.6. The summed E-state index contributed by atoms with van der Waals surface area (Å²) < 4.78 is 9.75. The average Bonchev–Trinajstić information content (AvgIpc) is 3.17. The van der Waals surface area contributed by atoms with Crippen molar-refractivity contribution in [3.8, 4) is 0 Å². The van der Waals surface area contributed by atoms with Crippen LogP contribution in [0.15, 0.2) is 12.3 Å². The predicted octanol–water partition coefficient (Wildman–Crippen LogP) is 2.08. The van der Waals surface area contributed by atoms with Gasteiger partial charge >= 0.3 is 11.9 Å². The molecule has 0 atom stereocenters. The molecule has 3 rings (SSSR count). The smallest absolute Gasteiger partial charge is 0.355 e. The number of methoxy groups -OCH3 is 1. The monoisotopic (exact) mass is 400 g/mol. The predicted molar refractivity (Wildman–Crippen MR) is 100 cm³/mol. The summed E-state index contributed by atoms with van der Waals surface area (Å²) in [6.45, 7) is 3.30. The minimum Gasteiger partial charge on any atom is -0.465 e. The molecule has 0 spiro atoms. The van der Waals surface area contributed by atoms with Gasteiger partial charge < -0.3 is 19.8 Å². The van der Waals surface area contributed by atoms with Crippen LogP contribution in [0.2, 0.25) is 0 Å². The zero-order valence-corrected chi connectivity index (χ0v) is 15.7. The Hall–Kier alpha value is -4.02. The van der Waals surface area contributed by atoms with Crippen LogP contribution in [0.3, 0.4) is 0 Å². The Kier molecular flexibility index (Phi) is 5.13. The Labute approximate surface area is 163 Å². The Balaban J connectivity index is 2.18. The van der Waals surface area contributed by atoms with E-state index < -0.39 is 22.8 Å². The molecule has 0 aliphatic carbocycles. The number of nitro groups is 1. The van der Waals surface area contributed by atoms with Crippen molar-refractivity contribution in [2.24, 2.45) is 0 Å². The lowest BCUT2D eigenvalue weighted by Crippen LogP contribution is -2.08. The van der Waals surface area contributed by atoms with Gasteiger partial charge in [-0.1, -0.05) is 0 Å². The Morgan fingerprint density at radius 2 is 2.07 bits per heavy atom. The van der Waals surface area contributed by atoms with Gasteiger partial charge in [-0.15, -0.1) is 0 Å². The molecule has 11 nitrogen and oxygen atoms in total. The van der Waals surface area contributed by atoms with Gasteiger partial charge in [-0.05, 0) is 25.5 Å². The van der Waals surface area contributed by atoms with Crippen LogP contribution < -0.4 is 5.32 Å². The largest absolute Gasteiger partial charge is 0.465 e. The second kappa shape index (κ2) is 7.54. The molecule has 1 aliphatic rings. The fourth-order valence-corrected chi connectivity index (χ4v) is 2.94. The van der Waals surface area contributed by atoms with E-state index in [0.717, 1.165) is 6.20 Å². The maximum atomic E-state index is 12.4. The number of H-pyrrole nitrogens is 1. The molecular formula is C18H16N4O7. The van der Waals surface area contributed by atoms with Gasteiger partial charge in [-0.2, -0.15) is 0 Å². The number of fused-ring (bicyclic) bond motifs is 1. The third-order valence-corrected chi connectivity index (χ3v) is 4.29. The number of aromatic nitrogens is 2. The van der Waals surface area contributed by atoms with Crippen LogP contribution in [0.1, 0.15) is 44.6 Å². The van der Waals surface area contributed by atoms with E-state index in [0.29, 0.717) is 0 Å². The number of anilines is 1. The molecule has 29 heavy (non-hydrogen) atoms. The number of nitrogens with one attached hydrogen (secondary N) is 2. The van der Waals surface area contributed by atoms with Crippen LogP contribution in [0, 0.1) is 17.0 Å². The third kappa shape index (κ3) is 3.45. The summed E-state index contributed by atoms with van der Waals surface area (Å²) in [5.74, 6) is -1.81. The molecule has 1 amide bonds. The number of hydrogen-bond acceptors (Lipinski definition) is 8. The van der Waals surface area contributed by atoms with Crippen molar-refractivity contribution in [1.29, 1.82) is 0 Å². The molecule has 2 N–H and O–H groups in total. The van der Waals surface area contributed by atoms with Crippen LogP contribution in [0.25, 0.3) is 11.6 Å². The zero-order chi connectivity index (χ0) is 21.3. The van der Waals surface area contributed by atoms with Crippen molar-refractivity contribution < 1.29 is 28.8 Å². The standard InChI is InChI=1S/C18H16N4O7/c1-4-29-18(25)14-8(2)13(17(24)28-3)12(20-14)6-11-10-5-9(22(26)27)7-19-15(10)21-16(11)23/h5-7,20H,4H2,1-3H3,(H,19,21,23). The van der Waals surface area contributed by atoms with Gasteiger partial charge in [0.1, 0.15) is 17.7 Å². The molecule has 0 saturated heterocycles. The Morgan fingerprint density at radius 3 is 2.69 bits per heavy atom. The van der Waals surface area contributed by atoms with E-state index in [-0.39, 0.29) is 51.8 Å². The van der Waals surface area contributed by atoms with Crippen molar-refractivity contribution >= 4 is 41.0 Å². The Bertz CT molecular complexity index is 1080. The van der Waals surface area contributed by atoms with Crippen LogP contribution in [0.5, 0.6) is 0 Å². The lowest BCUT2D eigenvalue weighted by atomic mass is 10.0. The SMILES string of the molecule is CCOC(=O)c1[nH]c(C=C2C(=O)Nc3ncc([N+](=O)[O-])cc32)c(C(=O)OC)c1C. The molecule has 0 saturated carbocycles. The average molecular weight is 400 g/mol. The van der Waals surface area contributed by atoms with Crippen molar-refractivity contribution in [2.75, 3.05) is 19.0 Å². The fourth-order valence-electron chi connectivity index (χ4n) is 2.94. The second-order valence-electron chi connectivity index (χ2n) is 5.98. The first-order chi connectivity index (χ1) is 13.8. The molecule has 1 aliphatic heterocycles. The van der Waals surface area contributed by atoms with E-state index in [1.54, 1.807) is 6.92 Å². The number of pyridine rings is 1. The summed E-state index contributed by atoms with van der Waals surface area (Å²) in [7, 11) is 1.18. The van der Waals surface area contributed by atoms with E-state index in [4.69, 9.17) is 9.47 Å². The topological polar surface area (TPSA) is 154 Å². The van der Waals surface area contributed by atoms with Gasteiger partial charge in [0.25, 0.3) is 11.6 Å². The van der Waals surface area contributed by atoms with E-state index >= 15 is 0 Å². The quantitative estimate of drug-likeness (QED) is 0.335. The summed E-state index contributed by atoms with van der Waals surface area (Å²) in [5.41, 5.74) is 0.439. The van der Waals surface area contributed by atoms with Crippen molar-refractivity contribution in [3.63, 3.8) is 0 Å². The second-order valence-corrected chi connectivity index (χ2v) is 5.98. The van der Waals surface area contributed by atoms with Crippen LogP contribution in [-0.2, 0) is 14.3 Å². The summed E-state index contributed by atoms with van der Waals surface area (Å²) in [5, 5.41) is 13.5. The van der Waals surface area contributed by atoms with Crippen LogP contribution >= 0.6 is 0 Å². The van der Waals surface area contributed by atoms with E-state index in [2.05, 4.69) is 15.3 Å². The van der Waals surface area contributed by atoms with Gasteiger partial charge in [-0.25, -0.2) is 14.6 Å². The highest BCUT2D eigenvalue weighted by Gasteiger charge is 2.30. The molecule has 11 heteroatoms. The number of carbonyl (C=O) groups excluding carboxylic acids is 3. The first kappa shape index (κ1) is 19.7. The van der Waals surface area contributed by atoms with Crippen molar-refractivity contribution in [2.45, 2.75) is 13.8 Å². The maximum Gasteiger partial charge on any atom is 0.355 e. The van der Waals surface area contributed by atoms with Gasteiger partial charge in [0.05, 0.1) is 35.5 Å². The lowest BCUT2D eigenvalue weighted by Gasteiger charge is -2.02. The summed E-state index contributed by atoms with van der Waals surface area (Å²) in [6.07, 6.45) is 2.34. The minimum absolute atomic E-state index is 0.0369. The minimum atomic E-state index is -0.725. The first-order valence-corrected chi connectivity index (χ1v) is 8.44. The molecule has 2 aromatic rings. The number of nitrogens with zero attached hydrogens (tertiary/aromatic N) is 2. The maximum absolute atomic E-state index is 12.4. The number of hydrogen-bond donors (Lipinski definition) is 2. The van der Waals surface area contributed by atoms with Gasteiger partial charge in [0.15, 0.2) is 0 Å². The fraction of sp³-hybridized carbons (Fsp3) is 0.222. The summed E-state index contributed by atoms with van der Waals surface area (Å²) in [6, 6.07) is 1.20. The van der Waals surface area contributed by atoms with Crippen molar-refractivity contribution in [3.05, 3.63) is 50.5 Å². The Morgan fingerprint density at radius 1 is 1.34 bits per heavy atom. The number of carbonyl (C=O) groups is 3. The van der Waals surface area contributed by atoms with E-state index in [1.165, 1.54) is 26.2 Å². The molecule has 3 heterocycles. The summed E-state index contributed by atoms with van der Waals surface area (Å²) >= 11 is 0. The number of esters is 2. The molecule has 0 aromatic carbocycles. The van der Waals surface area contributed by atoms with Gasteiger partial charge in [0.2, 0.25) is 0 Å². The zero-order valence-electron chi connectivity index (χ0n) is 15.7. The molecule has 0 fully saturated rings. The number of aromatic amines is 1. The molecule has 0 bridgehead atoms.